The number of nitrogens with zero attached hydrogens (tertiary/aromatic N) is 1. The van der Waals surface area contributed by atoms with Crippen LogP contribution in [0.2, 0.25) is 0 Å². The number of benzene rings is 1. The Morgan fingerprint density at radius 3 is 1.75 bits per heavy atom. The SMILES string of the molecule is CC1CN(S(=O)(=O)c2ccc(S(=O)(=O)F)cc2)CC1C. The van der Waals surface area contributed by atoms with Gasteiger partial charge < -0.3 is 0 Å². The van der Waals surface area contributed by atoms with Crippen LogP contribution in [0.15, 0.2) is 34.1 Å². The van der Waals surface area contributed by atoms with Gasteiger partial charge in [0.25, 0.3) is 0 Å². The summed E-state index contributed by atoms with van der Waals surface area (Å²) in [5.74, 6) is 0.547. The lowest BCUT2D eigenvalue weighted by atomic mass is 10.0. The van der Waals surface area contributed by atoms with E-state index in [1.807, 2.05) is 13.8 Å². The van der Waals surface area contributed by atoms with Crippen molar-refractivity contribution in [3.63, 3.8) is 0 Å². The van der Waals surface area contributed by atoms with Crippen LogP contribution in [0.3, 0.4) is 0 Å². The fraction of sp³-hybridized carbons (Fsp3) is 0.500. The van der Waals surface area contributed by atoms with E-state index in [0.29, 0.717) is 13.1 Å². The summed E-state index contributed by atoms with van der Waals surface area (Å²) in [5, 5.41) is 0. The van der Waals surface area contributed by atoms with Gasteiger partial charge in [0.05, 0.1) is 9.79 Å². The molecule has 0 radical (unpaired) electrons. The Kier molecular flexibility index (Phi) is 3.92. The van der Waals surface area contributed by atoms with Gasteiger partial charge in [-0.2, -0.15) is 12.7 Å². The lowest BCUT2D eigenvalue weighted by Gasteiger charge is -2.16. The first-order chi connectivity index (χ1) is 9.12. The van der Waals surface area contributed by atoms with Gasteiger partial charge in [-0.1, -0.05) is 13.8 Å². The fourth-order valence-electron chi connectivity index (χ4n) is 2.20. The Morgan fingerprint density at radius 2 is 1.35 bits per heavy atom. The van der Waals surface area contributed by atoms with E-state index in [9.17, 15) is 20.7 Å². The third-order valence-corrected chi connectivity index (χ3v) is 6.38. The van der Waals surface area contributed by atoms with E-state index >= 15 is 0 Å². The summed E-state index contributed by atoms with van der Waals surface area (Å²) in [6.07, 6.45) is 0. The summed E-state index contributed by atoms with van der Waals surface area (Å²) in [6, 6.07) is 4.17. The minimum atomic E-state index is -4.81. The van der Waals surface area contributed by atoms with Crippen LogP contribution in [0.25, 0.3) is 0 Å². The predicted molar refractivity (Wildman–Crippen MR) is 71.8 cm³/mol. The Balaban J connectivity index is 2.32. The molecule has 0 saturated carbocycles. The molecule has 2 rings (SSSR count). The van der Waals surface area contributed by atoms with Crippen molar-refractivity contribution in [1.82, 2.24) is 4.31 Å². The molecule has 0 amide bonds. The summed E-state index contributed by atoms with van der Waals surface area (Å²) in [4.78, 5) is -0.564. The molecule has 0 aliphatic carbocycles. The molecule has 8 heteroatoms. The number of hydrogen-bond acceptors (Lipinski definition) is 4. The first kappa shape index (κ1) is 15.4. The van der Waals surface area contributed by atoms with Crippen molar-refractivity contribution in [2.75, 3.05) is 13.1 Å². The Hall–Kier alpha value is -0.990. The third-order valence-electron chi connectivity index (χ3n) is 3.70. The molecule has 0 bridgehead atoms. The summed E-state index contributed by atoms with van der Waals surface area (Å²) in [7, 11) is -8.46. The number of halogens is 1. The Labute approximate surface area is 118 Å². The molecular formula is C12H16FNO4S2. The Bertz CT molecular complexity index is 687. The molecule has 1 heterocycles. The standard InChI is InChI=1S/C12H16FNO4S2/c1-9-7-14(8-10(9)2)20(17,18)12-5-3-11(4-6-12)19(13,15)16/h3-6,9-10H,7-8H2,1-2H3. The van der Waals surface area contributed by atoms with Gasteiger partial charge in [0.2, 0.25) is 10.0 Å². The van der Waals surface area contributed by atoms with E-state index in [1.165, 1.54) is 4.31 Å². The summed E-state index contributed by atoms with van der Waals surface area (Å²) < 4.78 is 60.3. The van der Waals surface area contributed by atoms with Crippen molar-refractivity contribution >= 4 is 20.2 Å². The normalized spacial score (nSPS) is 24.9. The molecule has 1 aliphatic rings. The summed E-state index contributed by atoms with van der Waals surface area (Å²) in [5.41, 5.74) is 0. The average molecular weight is 321 g/mol. The summed E-state index contributed by atoms with van der Waals surface area (Å²) >= 11 is 0. The van der Waals surface area contributed by atoms with Crippen LogP contribution < -0.4 is 0 Å². The highest BCUT2D eigenvalue weighted by atomic mass is 32.3. The summed E-state index contributed by atoms with van der Waals surface area (Å²) in [6.45, 7) is 4.84. The molecule has 112 valence electrons. The second kappa shape index (κ2) is 5.09. The van der Waals surface area contributed by atoms with E-state index in [4.69, 9.17) is 0 Å². The molecule has 1 fully saturated rings. The topological polar surface area (TPSA) is 71.5 Å². The first-order valence-corrected chi connectivity index (χ1v) is 8.99. The van der Waals surface area contributed by atoms with Gasteiger partial charge in [-0.15, -0.1) is 3.89 Å². The van der Waals surface area contributed by atoms with Crippen molar-refractivity contribution in [2.45, 2.75) is 23.6 Å². The maximum Gasteiger partial charge on any atom is 0.332 e. The zero-order chi connectivity index (χ0) is 15.1. The fourth-order valence-corrected chi connectivity index (χ4v) is 4.30. The molecule has 1 saturated heterocycles. The van der Waals surface area contributed by atoms with Crippen molar-refractivity contribution < 1.29 is 20.7 Å². The smallest absolute Gasteiger partial charge is 0.207 e. The van der Waals surface area contributed by atoms with Gasteiger partial charge in [-0.05, 0) is 36.1 Å². The molecule has 1 aromatic carbocycles. The molecular weight excluding hydrogens is 305 g/mol. The van der Waals surface area contributed by atoms with E-state index in [2.05, 4.69) is 0 Å². The monoisotopic (exact) mass is 321 g/mol. The quantitative estimate of drug-likeness (QED) is 0.793. The van der Waals surface area contributed by atoms with Crippen LogP contribution in [-0.2, 0) is 20.2 Å². The zero-order valence-corrected chi connectivity index (χ0v) is 12.8. The van der Waals surface area contributed by atoms with Crippen molar-refractivity contribution in [2.24, 2.45) is 11.8 Å². The zero-order valence-electron chi connectivity index (χ0n) is 11.2. The van der Waals surface area contributed by atoms with Gasteiger partial charge in [-0.3, -0.25) is 0 Å². The second-order valence-electron chi connectivity index (χ2n) is 5.19. The molecule has 0 spiro atoms. The lowest BCUT2D eigenvalue weighted by molar-refractivity contribution is 0.463. The van der Waals surface area contributed by atoms with Gasteiger partial charge in [0.15, 0.2) is 0 Å². The third kappa shape index (κ3) is 2.87. The minimum absolute atomic E-state index is 0.0220. The average Bonchev–Trinajstić information content (AvgIpc) is 2.69. The molecule has 2 atom stereocenters. The minimum Gasteiger partial charge on any atom is -0.207 e. The number of rotatable bonds is 3. The molecule has 5 nitrogen and oxygen atoms in total. The van der Waals surface area contributed by atoms with E-state index in [-0.39, 0.29) is 16.7 Å². The van der Waals surface area contributed by atoms with Gasteiger partial charge in [-0.25, -0.2) is 8.42 Å². The van der Waals surface area contributed by atoms with Crippen LogP contribution in [0.4, 0.5) is 3.89 Å². The van der Waals surface area contributed by atoms with Crippen LogP contribution in [-0.4, -0.2) is 34.2 Å². The molecule has 1 aliphatic heterocycles. The molecule has 0 N–H and O–H groups in total. The molecule has 20 heavy (non-hydrogen) atoms. The van der Waals surface area contributed by atoms with E-state index in [1.54, 1.807) is 0 Å². The van der Waals surface area contributed by atoms with E-state index in [0.717, 1.165) is 24.3 Å². The molecule has 2 unspecified atom stereocenters. The highest BCUT2D eigenvalue weighted by molar-refractivity contribution is 7.89. The molecule has 1 aromatic rings. The highest BCUT2D eigenvalue weighted by Gasteiger charge is 2.34. The van der Waals surface area contributed by atoms with Crippen LogP contribution in [0.5, 0.6) is 0 Å². The first-order valence-electron chi connectivity index (χ1n) is 6.17. The van der Waals surface area contributed by atoms with Crippen LogP contribution in [0.1, 0.15) is 13.8 Å². The van der Waals surface area contributed by atoms with Crippen molar-refractivity contribution in [3.05, 3.63) is 24.3 Å². The Morgan fingerprint density at radius 1 is 0.950 bits per heavy atom. The maximum absolute atomic E-state index is 12.8. The van der Waals surface area contributed by atoms with Gasteiger partial charge >= 0.3 is 10.2 Å². The van der Waals surface area contributed by atoms with Gasteiger partial charge in [0, 0.05) is 13.1 Å². The largest absolute Gasteiger partial charge is 0.332 e. The number of sulfonamides is 1. The van der Waals surface area contributed by atoms with Gasteiger partial charge in [0.1, 0.15) is 0 Å². The predicted octanol–water partition coefficient (Wildman–Crippen LogP) is 1.62. The van der Waals surface area contributed by atoms with Crippen molar-refractivity contribution in [3.8, 4) is 0 Å². The van der Waals surface area contributed by atoms with Crippen LogP contribution >= 0.6 is 0 Å². The lowest BCUT2D eigenvalue weighted by Crippen LogP contribution is -2.29. The van der Waals surface area contributed by atoms with Crippen molar-refractivity contribution in [1.29, 1.82) is 0 Å². The van der Waals surface area contributed by atoms with E-state index < -0.39 is 25.1 Å². The maximum atomic E-state index is 12.8. The molecule has 0 aromatic heterocycles. The second-order valence-corrected chi connectivity index (χ2v) is 8.47. The highest BCUT2D eigenvalue weighted by Crippen LogP contribution is 2.28. The number of hydrogen-bond donors (Lipinski definition) is 0. The van der Waals surface area contributed by atoms with Crippen LogP contribution in [0, 0.1) is 11.8 Å².